The van der Waals surface area contributed by atoms with E-state index in [2.05, 4.69) is 16.0 Å². The van der Waals surface area contributed by atoms with Gasteiger partial charge >= 0.3 is 12.1 Å². The predicted octanol–water partition coefficient (Wildman–Crippen LogP) is 2.24. The molecule has 0 atom stereocenters. The van der Waals surface area contributed by atoms with Crippen LogP contribution in [0, 0.1) is 0 Å². The fourth-order valence-electron chi connectivity index (χ4n) is 1.72. The monoisotopic (exact) mass is 323 g/mol. The summed E-state index contributed by atoms with van der Waals surface area (Å²) in [4.78, 5) is 23.0. The second-order valence-electron chi connectivity index (χ2n) is 5.58. The number of anilines is 2. The largest absolute Gasteiger partial charge is 0.444 e. The van der Waals surface area contributed by atoms with Crippen molar-refractivity contribution in [3.63, 3.8) is 0 Å². The lowest BCUT2D eigenvalue weighted by atomic mass is 10.2. The third-order valence-corrected chi connectivity index (χ3v) is 2.83. The molecule has 1 heterocycles. The van der Waals surface area contributed by atoms with E-state index in [1.807, 2.05) is 0 Å². The molecule has 0 radical (unpaired) electrons. The molecule has 0 fully saturated rings. The first-order valence-electron chi connectivity index (χ1n) is 6.62. The third-order valence-electron chi connectivity index (χ3n) is 2.56. The van der Waals surface area contributed by atoms with Gasteiger partial charge in [-0.3, -0.25) is 5.32 Å². The summed E-state index contributed by atoms with van der Waals surface area (Å²) in [6.45, 7) is 5.74. The van der Waals surface area contributed by atoms with Crippen molar-refractivity contribution in [2.45, 2.75) is 26.4 Å². The maximum atomic E-state index is 11.8. The van der Waals surface area contributed by atoms with Gasteiger partial charge in [0.05, 0.1) is 18.0 Å². The zero-order valence-electron chi connectivity index (χ0n) is 12.5. The molecule has 0 saturated heterocycles. The minimum absolute atomic E-state index is 0.327. The number of carbonyl (C=O) groups excluding carboxylic acids is 2. The van der Waals surface area contributed by atoms with Gasteiger partial charge in [-0.25, -0.2) is 9.59 Å². The van der Waals surface area contributed by atoms with Gasteiger partial charge in [-0.1, -0.05) is 12.2 Å². The minimum atomic E-state index is -0.827. The molecule has 1 aliphatic heterocycles. The Morgan fingerprint density at radius 1 is 1.23 bits per heavy atom. The van der Waals surface area contributed by atoms with Gasteiger partial charge in [0.1, 0.15) is 11.4 Å². The summed E-state index contributed by atoms with van der Waals surface area (Å²) < 4.78 is 10.1. The molecule has 0 aliphatic carbocycles. The van der Waals surface area contributed by atoms with Crippen LogP contribution < -0.4 is 20.7 Å². The lowest BCUT2D eigenvalue weighted by Crippen LogP contribution is -2.40. The molecule has 2 rings (SSSR count). The number of hydrogen-bond donors (Lipinski definition) is 3. The number of ether oxygens (including phenoxy) is 2. The van der Waals surface area contributed by atoms with E-state index in [-0.39, 0.29) is 4.99 Å². The Morgan fingerprint density at radius 2 is 1.91 bits per heavy atom. The van der Waals surface area contributed by atoms with Crippen LogP contribution in [-0.2, 0) is 9.53 Å². The molecule has 7 nitrogen and oxygen atoms in total. The molecule has 1 aliphatic rings. The smallest absolute Gasteiger partial charge is 0.412 e. The number of alkyl carbamates (subject to hydrolysis) is 1. The number of hydrogen-bond acceptors (Lipinski definition) is 7. The highest BCUT2D eigenvalue weighted by Gasteiger charge is 2.21. The maximum absolute atomic E-state index is 11.8. The van der Waals surface area contributed by atoms with Crippen LogP contribution >= 0.6 is 12.2 Å². The van der Waals surface area contributed by atoms with Crippen LogP contribution in [0.15, 0.2) is 18.2 Å². The molecular weight excluding hydrogens is 306 g/mol. The zero-order valence-corrected chi connectivity index (χ0v) is 13.3. The van der Waals surface area contributed by atoms with E-state index >= 15 is 0 Å². The van der Waals surface area contributed by atoms with Crippen molar-refractivity contribution >= 4 is 40.6 Å². The fraction of sp³-hybridized carbons (Fsp3) is 0.357. The molecule has 1 amide bonds. The van der Waals surface area contributed by atoms with Crippen LogP contribution in [0.25, 0.3) is 0 Å². The summed E-state index contributed by atoms with van der Waals surface area (Å²) in [6.07, 6.45) is -0.797. The van der Waals surface area contributed by atoms with Crippen molar-refractivity contribution in [1.29, 1.82) is 0 Å². The van der Waals surface area contributed by atoms with Gasteiger partial charge in [0.25, 0.3) is 0 Å². The first-order valence-corrected chi connectivity index (χ1v) is 7.03. The van der Waals surface area contributed by atoms with E-state index in [0.717, 1.165) is 11.4 Å². The van der Waals surface area contributed by atoms with E-state index in [1.165, 1.54) is 0 Å². The van der Waals surface area contributed by atoms with Crippen molar-refractivity contribution in [2.75, 3.05) is 17.3 Å². The Morgan fingerprint density at radius 3 is 2.59 bits per heavy atom. The Bertz CT molecular complexity index is 625. The Balaban J connectivity index is 1.91. The molecule has 0 saturated carbocycles. The molecule has 0 spiro atoms. The number of nitrogens with one attached hydrogen (secondary N) is 3. The Hall–Kier alpha value is -2.35. The normalized spacial score (nSPS) is 12.5. The molecule has 0 unspecified atom stereocenters. The molecule has 118 valence electrons. The molecule has 1 aromatic rings. The first-order chi connectivity index (χ1) is 10.2. The molecule has 22 heavy (non-hydrogen) atoms. The van der Waals surface area contributed by atoms with Crippen LogP contribution in [0.3, 0.4) is 0 Å². The number of carbonyl (C=O) groups is 2. The Kier molecular flexibility index (Phi) is 4.51. The molecule has 0 bridgehead atoms. The summed E-state index contributed by atoms with van der Waals surface area (Å²) in [6, 6.07) is 5.08. The number of thiocarbonyl (C=S) groups is 1. The number of fused-ring (bicyclic) bond motifs is 1. The topological polar surface area (TPSA) is 88.7 Å². The van der Waals surface area contributed by atoms with E-state index < -0.39 is 17.7 Å². The van der Waals surface area contributed by atoms with E-state index in [4.69, 9.17) is 21.7 Å². The summed E-state index contributed by atoms with van der Waals surface area (Å²) in [5.41, 5.74) is 1.08. The highest BCUT2D eigenvalue weighted by Crippen LogP contribution is 2.30. The van der Waals surface area contributed by atoms with Crippen LogP contribution in [0.5, 0.6) is 5.75 Å². The number of benzene rings is 1. The molecule has 8 heteroatoms. The first kappa shape index (κ1) is 16.0. The summed E-state index contributed by atoms with van der Waals surface area (Å²) in [7, 11) is 0. The maximum Gasteiger partial charge on any atom is 0.412 e. The average Bonchev–Trinajstić information content (AvgIpc) is 2.83. The van der Waals surface area contributed by atoms with Crippen molar-refractivity contribution in [1.82, 2.24) is 5.32 Å². The van der Waals surface area contributed by atoms with Crippen LogP contribution in [-0.4, -0.2) is 29.3 Å². The van der Waals surface area contributed by atoms with Crippen molar-refractivity contribution in [3.05, 3.63) is 18.2 Å². The second-order valence-corrected chi connectivity index (χ2v) is 5.99. The number of esters is 1. The fourth-order valence-corrected chi connectivity index (χ4v) is 1.85. The van der Waals surface area contributed by atoms with Crippen LogP contribution in [0.2, 0.25) is 0 Å². The summed E-state index contributed by atoms with van der Waals surface area (Å²) >= 11 is 4.83. The average molecular weight is 323 g/mol. The van der Waals surface area contributed by atoms with Gasteiger partial charge in [0, 0.05) is 6.07 Å². The molecular formula is C14H17N3O4S. The van der Waals surface area contributed by atoms with Gasteiger partial charge in [-0.15, -0.1) is 0 Å². The van der Waals surface area contributed by atoms with Crippen LogP contribution in [0.1, 0.15) is 20.8 Å². The van der Waals surface area contributed by atoms with Gasteiger partial charge in [0.2, 0.25) is 0 Å². The van der Waals surface area contributed by atoms with Gasteiger partial charge in [-0.05, 0) is 32.9 Å². The zero-order chi connectivity index (χ0) is 16.3. The number of rotatable bonds is 1. The molecule has 1 aromatic carbocycles. The van der Waals surface area contributed by atoms with Gasteiger partial charge < -0.3 is 20.1 Å². The van der Waals surface area contributed by atoms with Gasteiger partial charge in [0.15, 0.2) is 4.99 Å². The van der Waals surface area contributed by atoms with Gasteiger partial charge in [-0.2, -0.15) is 0 Å². The highest BCUT2D eigenvalue weighted by atomic mass is 32.1. The van der Waals surface area contributed by atoms with Crippen molar-refractivity contribution in [2.24, 2.45) is 0 Å². The van der Waals surface area contributed by atoms with Crippen molar-refractivity contribution < 1.29 is 19.1 Å². The van der Waals surface area contributed by atoms with E-state index in [9.17, 15) is 9.59 Å². The SMILES string of the molecule is CC(C)(C)OC(=O)NC(=S)C(=O)Oc1ccc2c(c1)NCN2. The third kappa shape index (κ3) is 4.32. The standard InChI is InChI=1S/C14H17N3O4S/c1-14(2,3)21-13(19)17-11(22)12(18)20-8-4-5-9-10(6-8)16-7-15-9/h4-6,15-16H,7H2,1-3H3,(H,17,19,22). The number of amides is 1. The summed E-state index contributed by atoms with van der Waals surface area (Å²) in [5.74, 6) is -0.500. The second kappa shape index (κ2) is 6.18. The van der Waals surface area contributed by atoms with E-state index in [1.54, 1.807) is 39.0 Å². The molecule has 3 N–H and O–H groups in total. The molecule has 0 aromatic heterocycles. The Labute approximate surface area is 133 Å². The minimum Gasteiger partial charge on any atom is -0.444 e. The quantitative estimate of drug-likeness (QED) is 0.415. The highest BCUT2D eigenvalue weighted by molar-refractivity contribution is 7.82. The summed E-state index contributed by atoms with van der Waals surface area (Å²) in [5, 5.41) is 8.35. The lowest BCUT2D eigenvalue weighted by Gasteiger charge is -2.19. The lowest BCUT2D eigenvalue weighted by molar-refractivity contribution is -0.127. The van der Waals surface area contributed by atoms with Crippen LogP contribution in [0.4, 0.5) is 16.2 Å². The van der Waals surface area contributed by atoms with E-state index in [0.29, 0.717) is 12.4 Å². The van der Waals surface area contributed by atoms with Crippen molar-refractivity contribution in [3.8, 4) is 5.75 Å². The predicted molar refractivity (Wildman–Crippen MR) is 86.2 cm³/mol.